The van der Waals surface area contributed by atoms with Crippen LogP contribution in [0.3, 0.4) is 0 Å². The molecule has 1 heterocycles. The average Bonchev–Trinajstić information content (AvgIpc) is 2.79. The number of hydrogen-bond donors (Lipinski definition) is 1. The monoisotopic (exact) mass is 239 g/mol. The lowest BCUT2D eigenvalue weighted by Crippen LogP contribution is -2.33. The summed E-state index contributed by atoms with van der Waals surface area (Å²) in [4.78, 5) is 14.5. The molecule has 2 aliphatic rings. The second kappa shape index (κ2) is 4.69. The third-order valence-corrected chi connectivity index (χ3v) is 4.63. The second-order valence-electron chi connectivity index (χ2n) is 6.53. The number of nitrogens with zero attached hydrogens (tertiary/aromatic N) is 1. The molecule has 0 spiro atoms. The molecule has 98 valence electrons. The summed E-state index contributed by atoms with van der Waals surface area (Å²) in [6.07, 6.45) is 2.93. The minimum atomic E-state index is -0.212. The summed E-state index contributed by atoms with van der Waals surface area (Å²) in [5.41, 5.74) is -0.103. The fourth-order valence-electron chi connectivity index (χ4n) is 3.25. The van der Waals surface area contributed by atoms with E-state index in [2.05, 4.69) is 18.7 Å². The first-order valence-corrected chi connectivity index (χ1v) is 6.85. The average molecular weight is 239 g/mol. The molecule has 0 aromatic heterocycles. The fourth-order valence-corrected chi connectivity index (χ4v) is 3.25. The first kappa shape index (κ1) is 13.0. The van der Waals surface area contributed by atoms with Gasteiger partial charge >= 0.3 is 0 Å². The summed E-state index contributed by atoms with van der Waals surface area (Å²) in [6.45, 7) is 8.92. The molecule has 1 N–H and O–H groups in total. The summed E-state index contributed by atoms with van der Waals surface area (Å²) in [6, 6.07) is 0. The maximum atomic E-state index is 12.2. The summed E-state index contributed by atoms with van der Waals surface area (Å²) < 4.78 is 0. The Labute approximate surface area is 104 Å². The highest BCUT2D eigenvalue weighted by molar-refractivity contribution is 5.88. The molecular formula is C14H25NO2. The number of carbonyl (C=O) groups is 1. The summed E-state index contributed by atoms with van der Waals surface area (Å²) >= 11 is 0. The third-order valence-electron chi connectivity index (χ3n) is 4.63. The van der Waals surface area contributed by atoms with Gasteiger partial charge in [-0.15, -0.1) is 0 Å². The maximum absolute atomic E-state index is 12.2. The van der Waals surface area contributed by atoms with Crippen LogP contribution in [-0.2, 0) is 4.79 Å². The number of hydrogen-bond acceptors (Lipinski definition) is 3. The van der Waals surface area contributed by atoms with E-state index in [0.717, 1.165) is 38.9 Å². The van der Waals surface area contributed by atoms with Crippen LogP contribution < -0.4 is 0 Å². The minimum Gasteiger partial charge on any atom is -0.393 e. The number of rotatable bonds is 3. The smallest absolute Gasteiger partial charge is 0.142 e. The Kier molecular flexibility index (Phi) is 3.60. The van der Waals surface area contributed by atoms with Crippen molar-refractivity contribution in [3.63, 3.8) is 0 Å². The van der Waals surface area contributed by atoms with Gasteiger partial charge in [-0.1, -0.05) is 13.8 Å². The van der Waals surface area contributed by atoms with Gasteiger partial charge in [0.15, 0.2) is 0 Å². The van der Waals surface area contributed by atoms with Crippen LogP contribution in [0.1, 0.15) is 40.0 Å². The Bertz CT molecular complexity index is 299. The van der Waals surface area contributed by atoms with Crippen molar-refractivity contribution in [2.24, 2.45) is 17.3 Å². The van der Waals surface area contributed by atoms with E-state index in [1.54, 1.807) is 0 Å². The first-order chi connectivity index (χ1) is 7.90. The molecule has 3 unspecified atom stereocenters. The second-order valence-corrected chi connectivity index (χ2v) is 6.53. The molecule has 1 aliphatic heterocycles. The van der Waals surface area contributed by atoms with Gasteiger partial charge in [-0.05, 0) is 38.6 Å². The van der Waals surface area contributed by atoms with Gasteiger partial charge in [-0.25, -0.2) is 0 Å². The van der Waals surface area contributed by atoms with Crippen molar-refractivity contribution in [3.8, 4) is 0 Å². The van der Waals surface area contributed by atoms with Crippen LogP contribution in [0.5, 0.6) is 0 Å². The van der Waals surface area contributed by atoms with E-state index in [1.165, 1.54) is 0 Å². The van der Waals surface area contributed by atoms with Crippen LogP contribution >= 0.6 is 0 Å². The highest BCUT2D eigenvalue weighted by atomic mass is 16.3. The van der Waals surface area contributed by atoms with E-state index in [1.807, 2.05) is 6.92 Å². The van der Waals surface area contributed by atoms with Crippen LogP contribution in [0, 0.1) is 17.3 Å². The number of carbonyl (C=O) groups excluding carboxylic acids is 1. The van der Waals surface area contributed by atoms with Gasteiger partial charge in [0.25, 0.3) is 0 Å². The van der Waals surface area contributed by atoms with Crippen molar-refractivity contribution in [3.05, 3.63) is 0 Å². The minimum absolute atomic E-state index is 0.103. The predicted molar refractivity (Wildman–Crippen MR) is 67.7 cm³/mol. The molecule has 1 aliphatic carbocycles. The highest BCUT2D eigenvalue weighted by Crippen LogP contribution is 2.38. The molecular weight excluding hydrogens is 214 g/mol. The molecule has 3 nitrogen and oxygen atoms in total. The molecule has 2 fully saturated rings. The Balaban J connectivity index is 1.86. The molecule has 0 radical (unpaired) electrons. The van der Waals surface area contributed by atoms with E-state index in [9.17, 15) is 9.90 Å². The van der Waals surface area contributed by atoms with Gasteiger partial charge in [-0.3, -0.25) is 4.79 Å². The van der Waals surface area contributed by atoms with Crippen LogP contribution in [0.2, 0.25) is 0 Å². The Morgan fingerprint density at radius 3 is 2.65 bits per heavy atom. The molecule has 0 aromatic rings. The van der Waals surface area contributed by atoms with E-state index < -0.39 is 0 Å². The highest BCUT2D eigenvalue weighted by Gasteiger charge is 2.41. The van der Waals surface area contributed by atoms with Gasteiger partial charge in [0.2, 0.25) is 0 Å². The Morgan fingerprint density at radius 1 is 1.47 bits per heavy atom. The SMILES string of the molecule is CC(O)C1CCN(CC2CCC(C)(C)C2=O)C1. The van der Waals surface area contributed by atoms with Crippen molar-refractivity contribution in [1.82, 2.24) is 4.90 Å². The lowest BCUT2D eigenvalue weighted by molar-refractivity contribution is -0.127. The standard InChI is InChI=1S/C14H25NO2/c1-10(16)11-5-7-15(8-11)9-12-4-6-14(2,3)13(12)17/h10-12,16H,4-9H2,1-3H3. The van der Waals surface area contributed by atoms with E-state index >= 15 is 0 Å². The van der Waals surface area contributed by atoms with Crippen LogP contribution in [0.25, 0.3) is 0 Å². The zero-order valence-corrected chi connectivity index (χ0v) is 11.3. The molecule has 0 bridgehead atoms. The van der Waals surface area contributed by atoms with Crippen LogP contribution in [0.4, 0.5) is 0 Å². The summed E-state index contributed by atoms with van der Waals surface area (Å²) in [7, 11) is 0. The third kappa shape index (κ3) is 2.71. The molecule has 17 heavy (non-hydrogen) atoms. The largest absolute Gasteiger partial charge is 0.393 e. The first-order valence-electron chi connectivity index (χ1n) is 6.85. The van der Waals surface area contributed by atoms with E-state index in [4.69, 9.17) is 0 Å². The van der Waals surface area contributed by atoms with Crippen LogP contribution in [-0.4, -0.2) is 41.5 Å². The van der Waals surface area contributed by atoms with Gasteiger partial charge in [0.05, 0.1) is 6.10 Å². The molecule has 3 atom stereocenters. The van der Waals surface area contributed by atoms with Crippen molar-refractivity contribution in [2.75, 3.05) is 19.6 Å². The van der Waals surface area contributed by atoms with Crippen molar-refractivity contribution >= 4 is 5.78 Å². The van der Waals surface area contributed by atoms with Crippen LogP contribution in [0.15, 0.2) is 0 Å². The summed E-state index contributed by atoms with van der Waals surface area (Å²) in [5.74, 6) is 1.08. The zero-order valence-electron chi connectivity index (χ0n) is 11.3. The molecule has 0 amide bonds. The molecule has 1 saturated carbocycles. The van der Waals surface area contributed by atoms with Crippen molar-refractivity contribution in [2.45, 2.75) is 46.1 Å². The van der Waals surface area contributed by atoms with E-state index in [0.29, 0.717) is 11.7 Å². The van der Waals surface area contributed by atoms with Crippen molar-refractivity contribution < 1.29 is 9.90 Å². The molecule has 1 saturated heterocycles. The number of aliphatic hydroxyl groups is 1. The predicted octanol–water partition coefficient (Wildman–Crippen LogP) is 1.69. The Hall–Kier alpha value is -0.410. The fraction of sp³-hybridized carbons (Fsp3) is 0.929. The zero-order chi connectivity index (χ0) is 12.6. The van der Waals surface area contributed by atoms with Gasteiger partial charge < -0.3 is 10.0 Å². The Morgan fingerprint density at radius 2 is 2.18 bits per heavy atom. The molecule has 3 heteroatoms. The topological polar surface area (TPSA) is 40.5 Å². The number of ketones is 1. The molecule has 0 aromatic carbocycles. The van der Waals surface area contributed by atoms with Crippen molar-refractivity contribution in [1.29, 1.82) is 0 Å². The number of likely N-dealkylation sites (tertiary alicyclic amines) is 1. The number of Topliss-reactive ketones (excluding diaryl/α,β-unsaturated/α-hetero) is 1. The van der Waals surface area contributed by atoms with Gasteiger partial charge in [0, 0.05) is 24.4 Å². The maximum Gasteiger partial charge on any atom is 0.142 e. The lowest BCUT2D eigenvalue weighted by Gasteiger charge is -2.22. The van der Waals surface area contributed by atoms with Gasteiger partial charge in [-0.2, -0.15) is 0 Å². The van der Waals surface area contributed by atoms with Gasteiger partial charge in [0.1, 0.15) is 5.78 Å². The molecule has 2 rings (SSSR count). The number of aliphatic hydroxyl groups excluding tert-OH is 1. The van der Waals surface area contributed by atoms with E-state index in [-0.39, 0.29) is 17.4 Å². The normalized spacial score (nSPS) is 35.4. The lowest BCUT2D eigenvalue weighted by atomic mass is 9.89. The quantitative estimate of drug-likeness (QED) is 0.815. The summed E-state index contributed by atoms with van der Waals surface area (Å²) in [5, 5.41) is 9.57.